The van der Waals surface area contributed by atoms with Gasteiger partial charge in [-0.25, -0.2) is 4.98 Å². The topological polar surface area (TPSA) is 52.5 Å². The van der Waals surface area contributed by atoms with E-state index in [1.54, 1.807) is 0 Å². The Morgan fingerprint density at radius 1 is 1.28 bits per heavy atom. The highest BCUT2D eigenvalue weighted by Crippen LogP contribution is 2.31. The second kappa shape index (κ2) is 7.11. The molecule has 1 atom stereocenters. The normalized spacial score (nSPS) is 12.3. The van der Waals surface area contributed by atoms with Crippen LogP contribution in [0.5, 0.6) is 5.75 Å². The van der Waals surface area contributed by atoms with E-state index >= 15 is 0 Å². The van der Waals surface area contributed by atoms with Gasteiger partial charge in [-0.15, -0.1) is 0 Å². The number of nitrogens with zero attached hydrogens (tertiary/aromatic N) is 2. The SMILES string of the molecule is C=C(C)COc1ccc(-c2nc3c(C)cccn3c2C(C)CN)cc1. The molecule has 25 heavy (non-hydrogen) atoms. The molecule has 0 radical (unpaired) electrons. The Bertz CT molecular complexity index is 893. The fraction of sp³-hybridized carbons (Fsp3) is 0.286. The molecule has 0 fully saturated rings. The number of nitrogens with two attached hydrogens (primary N) is 1. The quantitative estimate of drug-likeness (QED) is 0.682. The lowest BCUT2D eigenvalue weighted by molar-refractivity contribution is 0.353. The predicted molar refractivity (Wildman–Crippen MR) is 103 cm³/mol. The Morgan fingerprint density at radius 3 is 2.64 bits per heavy atom. The number of aromatic nitrogens is 2. The summed E-state index contributed by atoms with van der Waals surface area (Å²) < 4.78 is 7.85. The van der Waals surface area contributed by atoms with Gasteiger partial charge in [-0.2, -0.15) is 0 Å². The van der Waals surface area contributed by atoms with Gasteiger partial charge in [0.05, 0.1) is 11.4 Å². The molecule has 3 rings (SSSR count). The average Bonchev–Trinajstić information content (AvgIpc) is 3.00. The highest BCUT2D eigenvalue weighted by molar-refractivity contribution is 5.69. The number of fused-ring (bicyclic) bond motifs is 1. The molecule has 1 aromatic carbocycles. The molecule has 4 nitrogen and oxygen atoms in total. The van der Waals surface area contributed by atoms with Gasteiger partial charge in [0.25, 0.3) is 0 Å². The Kier molecular flexibility index (Phi) is 4.91. The molecule has 0 aliphatic rings. The van der Waals surface area contributed by atoms with Gasteiger partial charge in [-0.05, 0) is 55.3 Å². The predicted octanol–water partition coefficient (Wildman–Crippen LogP) is 4.33. The van der Waals surface area contributed by atoms with Crippen molar-refractivity contribution in [1.82, 2.24) is 9.38 Å². The van der Waals surface area contributed by atoms with Crippen LogP contribution in [0, 0.1) is 6.92 Å². The van der Waals surface area contributed by atoms with Crippen LogP contribution in [0.3, 0.4) is 0 Å². The van der Waals surface area contributed by atoms with E-state index < -0.39 is 0 Å². The van der Waals surface area contributed by atoms with Crippen molar-refractivity contribution in [2.75, 3.05) is 13.2 Å². The molecule has 0 spiro atoms. The molecule has 4 heteroatoms. The lowest BCUT2D eigenvalue weighted by Gasteiger charge is -2.12. The first kappa shape index (κ1) is 17.2. The molecule has 1 unspecified atom stereocenters. The van der Waals surface area contributed by atoms with E-state index in [9.17, 15) is 0 Å². The van der Waals surface area contributed by atoms with E-state index in [0.717, 1.165) is 39.5 Å². The molecule has 2 aromatic heterocycles. The van der Waals surface area contributed by atoms with Crippen molar-refractivity contribution in [3.63, 3.8) is 0 Å². The Hall–Kier alpha value is -2.59. The van der Waals surface area contributed by atoms with E-state index in [2.05, 4.69) is 55.3 Å². The van der Waals surface area contributed by atoms with Crippen LogP contribution < -0.4 is 10.5 Å². The summed E-state index contributed by atoms with van der Waals surface area (Å²) >= 11 is 0. The monoisotopic (exact) mass is 335 g/mol. The van der Waals surface area contributed by atoms with E-state index in [-0.39, 0.29) is 5.92 Å². The molecule has 0 aliphatic carbocycles. The van der Waals surface area contributed by atoms with Crippen LogP contribution >= 0.6 is 0 Å². The second-order valence-electron chi connectivity index (χ2n) is 6.64. The smallest absolute Gasteiger partial charge is 0.140 e. The molecule has 2 heterocycles. The van der Waals surface area contributed by atoms with Gasteiger partial charge < -0.3 is 14.9 Å². The van der Waals surface area contributed by atoms with Crippen molar-refractivity contribution in [3.8, 4) is 17.0 Å². The minimum Gasteiger partial charge on any atom is -0.489 e. The number of hydrogen-bond acceptors (Lipinski definition) is 3. The minimum atomic E-state index is 0.214. The third-order valence-electron chi connectivity index (χ3n) is 4.32. The zero-order chi connectivity index (χ0) is 18.0. The molecule has 2 N–H and O–H groups in total. The van der Waals surface area contributed by atoms with E-state index in [1.807, 2.05) is 19.1 Å². The van der Waals surface area contributed by atoms with Crippen molar-refractivity contribution in [1.29, 1.82) is 0 Å². The van der Waals surface area contributed by atoms with Crippen LogP contribution in [0.1, 0.15) is 31.0 Å². The first-order valence-corrected chi connectivity index (χ1v) is 8.56. The molecular formula is C21H25N3O. The van der Waals surface area contributed by atoms with Crippen LogP contribution in [0.4, 0.5) is 0 Å². The molecule has 0 bridgehead atoms. The van der Waals surface area contributed by atoms with Crippen molar-refractivity contribution in [2.45, 2.75) is 26.7 Å². The van der Waals surface area contributed by atoms with Crippen molar-refractivity contribution >= 4 is 5.65 Å². The van der Waals surface area contributed by atoms with Crippen molar-refractivity contribution in [2.24, 2.45) is 5.73 Å². The fourth-order valence-corrected chi connectivity index (χ4v) is 2.93. The maximum absolute atomic E-state index is 5.96. The maximum atomic E-state index is 5.96. The summed E-state index contributed by atoms with van der Waals surface area (Å²) in [4.78, 5) is 4.91. The Morgan fingerprint density at radius 2 is 2.00 bits per heavy atom. The van der Waals surface area contributed by atoms with Gasteiger partial charge >= 0.3 is 0 Å². The lowest BCUT2D eigenvalue weighted by Crippen LogP contribution is -2.12. The number of ether oxygens (including phenoxy) is 1. The van der Waals surface area contributed by atoms with E-state index in [0.29, 0.717) is 13.2 Å². The van der Waals surface area contributed by atoms with Crippen LogP contribution in [-0.2, 0) is 0 Å². The summed E-state index contributed by atoms with van der Waals surface area (Å²) in [6.07, 6.45) is 2.06. The lowest BCUT2D eigenvalue weighted by atomic mass is 10.0. The zero-order valence-corrected chi connectivity index (χ0v) is 15.1. The first-order valence-electron chi connectivity index (χ1n) is 8.56. The standard InChI is InChI=1S/C21H25N3O/c1-14(2)13-25-18-9-7-17(8-10-18)19-20(16(4)12-22)24-11-5-6-15(3)21(24)23-19/h5-11,16H,1,12-13,22H2,2-4H3. The molecule has 130 valence electrons. The number of aryl methyl sites for hydroxylation is 1. The number of imidazole rings is 1. The minimum absolute atomic E-state index is 0.214. The molecule has 0 saturated carbocycles. The van der Waals surface area contributed by atoms with Crippen LogP contribution in [-0.4, -0.2) is 22.5 Å². The maximum Gasteiger partial charge on any atom is 0.140 e. The van der Waals surface area contributed by atoms with E-state index in [1.165, 1.54) is 0 Å². The molecule has 3 aromatic rings. The third-order valence-corrected chi connectivity index (χ3v) is 4.32. The fourth-order valence-electron chi connectivity index (χ4n) is 2.93. The second-order valence-corrected chi connectivity index (χ2v) is 6.64. The largest absolute Gasteiger partial charge is 0.489 e. The van der Waals surface area contributed by atoms with Gasteiger partial charge in [0.15, 0.2) is 0 Å². The molecular weight excluding hydrogens is 310 g/mol. The van der Waals surface area contributed by atoms with Gasteiger partial charge in [0, 0.05) is 24.2 Å². The number of benzene rings is 1. The van der Waals surface area contributed by atoms with Gasteiger partial charge in [-0.3, -0.25) is 0 Å². The number of pyridine rings is 1. The average molecular weight is 335 g/mol. The Balaban J connectivity index is 2.05. The summed E-state index contributed by atoms with van der Waals surface area (Å²) in [5, 5.41) is 0. The molecule has 0 saturated heterocycles. The van der Waals surface area contributed by atoms with Gasteiger partial charge in [-0.1, -0.05) is 19.6 Å². The van der Waals surface area contributed by atoms with Crippen molar-refractivity contribution < 1.29 is 4.74 Å². The number of hydrogen-bond donors (Lipinski definition) is 1. The third kappa shape index (κ3) is 3.44. The highest BCUT2D eigenvalue weighted by atomic mass is 16.5. The summed E-state index contributed by atoms with van der Waals surface area (Å²) in [6, 6.07) is 12.2. The summed E-state index contributed by atoms with van der Waals surface area (Å²) in [7, 11) is 0. The Labute approximate surface area is 149 Å². The van der Waals surface area contributed by atoms with Crippen molar-refractivity contribution in [3.05, 3.63) is 66.0 Å². The van der Waals surface area contributed by atoms with Gasteiger partial charge in [0.1, 0.15) is 18.0 Å². The van der Waals surface area contributed by atoms with Gasteiger partial charge in [0.2, 0.25) is 0 Å². The zero-order valence-electron chi connectivity index (χ0n) is 15.1. The van der Waals surface area contributed by atoms with Crippen LogP contribution in [0.15, 0.2) is 54.7 Å². The molecule has 0 amide bonds. The van der Waals surface area contributed by atoms with E-state index in [4.69, 9.17) is 15.5 Å². The highest BCUT2D eigenvalue weighted by Gasteiger charge is 2.19. The summed E-state index contributed by atoms with van der Waals surface area (Å²) in [6.45, 7) is 11.1. The van der Waals surface area contributed by atoms with Crippen LogP contribution in [0.25, 0.3) is 16.9 Å². The van der Waals surface area contributed by atoms with Crippen LogP contribution in [0.2, 0.25) is 0 Å². The number of rotatable bonds is 6. The summed E-state index contributed by atoms with van der Waals surface area (Å²) in [5.41, 5.74) is 12.3. The summed E-state index contributed by atoms with van der Waals surface area (Å²) in [5.74, 6) is 1.05. The first-order chi connectivity index (χ1) is 12.0. The molecule has 0 aliphatic heterocycles.